The highest BCUT2D eigenvalue weighted by Crippen LogP contribution is 2.33. The smallest absolute Gasteiger partial charge is 0.391 e. The molecular weight excluding hydrogens is 221 g/mol. The van der Waals surface area contributed by atoms with Gasteiger partial charge in [-0.3, -0.25) is 0 Å². The molecule has 2 N–H and O–H groups in total. The quantitative estimate of drug-likeness (QED) is 0.840. The first kappa shape index (κ1) is 12.8. The highest BCUT2D eigenvalue weighted by molar-refractivity contribution is 5.45. The first-order valence-corrected chi connectivity index (χ1v) is 4.89. The molecule has 0 bridgehead atoms. The first-order chi connectivity index (χ1) is 7.45. The summed E-state index contributed by atoms with van der Waals surface area (Å²) in [5.41, 5.74) is -0.821. The van der Waals surface area contributed by atoms with Crippen molar-refractivity contribution in [2.24, 2.45) is 0 Å². The number of aliphatic hydroxyl groups is 1. The molecule has 1 heterocycles. The topological polar surface area (TPSA) is 45.1 Å². The molecule has 0 saturated heterocycles. The lowest BCUT2D eigenvalue weighted by Crippen LogP contribution is -2.21. The number of hydrogen-bond acceptors (Lipinski definition) is 3. The average molecular weight is 234 g/mol. The molecule has 0 fully saturated rings. The van der Waals surface area contributed by atoms with Crippen LogP contribution in [0.4, 0.5) is 19.0 Å². The zero-order valence-electron chi connectivity index (χ0n) is 8.75. The summed E-state index contributed by atoms with van der Waals surface area (Å²) in [5, 5.41) is 11.7. The molecule has 0 spiro atoms. The van der Waals surface area contributed by atoms with Crippen molar-refractivity contribution < 1.29 is 18.3 Å². The minimum absolute atomic E-state index is 0.0522. The maximum atomic E-state index is 12.5. The molecule has 0 radical (unpaired) electrons. The van der Waals surface area contributed by atoms with E-state index in [1.54, 1.807) is 6.92 Å². The Morgan fingerprint density at radius 1 is 1.50 bits per heavy atom. The molecule has 1 rings (SSSR count). The van der Waals surface area contributed by atoms with Crippen LogP contribution in [0.1, 0.15) is 18.9 Å². The lowest BCUT2D eigenvalue weighted by Gasteiger charge is -2.14. The Bertz CT molecular complexity index is 341. The predicted molar refractivity (Wildman–Crippen MR) is 54.0 cm³/mol. The Hall–Kier alpha value is -1.30. The van der Waals surface area contributed by atoms with Gasteiger partial charge in [-0.05, 0) is 18.6 Å². The standard InChI is InChI=1S/C10H13F3N2O/c1-2-7(16)6-15-9-8(10(11,12)13)4-3-5-14-9/h3-5,7,16H,2,6H2,1H3,(H,14,15). The molecule has 1 aromatic heterocycles. The van der Waals surface area contributed by atoms with Gasteiger partial charge in [-0.2, -0.15) is 13.2 Å². The minimum atomic E-state index is -4.44. The number of aliphatic hydroxyl groups excluding tert-OH is 1. The minimum Gasteiger partial charge on any atom is -0.391 e. The van der Waals surface area contributed by atoms with Gasteiger partial charge in [-0.25, -0.2) is 4.98 Å². The number of alkyl halides is 3. The Morgan fingerprint density at radius 2 is 2.19 bits per heavy atom. The van der Waals surface area contributed by atoms with Gasteiger partial charge in [0.1, 0.15) is 5.82 Å². The maximum absolute atomic E-state index is 12.5. The van der Waals surface area contributed by atoms with Crippen molar-refractivity contribution >= 4 is 5.82 Å². The first-order valence-electron chi connectivity index (χ1n) is 4.89. The van der Waals surface area contributed by atoms with Gasteiger partial charge in [-0.1, -0.05) is 6.92 Å². The molecule has 6 heteroatoms. The van der Waals surface area contributed by atoms with Crippen molar-refractivity contribution in [3.8, 4) is 0 Å². The van der Waals surface area contributed by atoms with Crippen LogP contribution in [0.3, 0.4) is 0 Å². The SMILES string of the molecule is CCC(O)CNc1ncccc1C(F)(F)F. The number of hydrogen-bond donors (Lipinski definition) is 2. The van der Waals surface area contributed by atoms with Gasteiger partial charge in [0.2, 0.25) is 0 Å². The summed E-state index contributed by atoms with van der Waals surface area (Å²) in [6.45, 7) is 1.80. The van der Waals surface area contributed by atoms with Gasteiger partial charge in [-0.15, -0.1) is 0 Å². The van der Waals surface area contributed by atoms with Gasteiger partial charge >= 0.3 is 6.18 Å². The lowest BCUT2D eigenvalue weighted by atomic mass is 10.2. The van der Waals surface area contributed by atoms with E-state index in [1.165, 1.54) is 12.3 Å². The third kappa shape index (κ3) is 3.37. The molecule has 1 aromatic rings. The summed E-state index contributed by atoms with van der Waals surface area (Å²) in [5.74, 6) is -0.248. The summed E-state index contributed by atoms with van der Waals surface area (Å²) in [6.07, 6.45) is -3.37. The predicted octanol–water partition coefficient (Wildman–Crippen LogP) is 2.28. The molecule has 16 heavy (non-hydrogen) atoms. The summed E-state index contributed by atoms with van der Waals surface area (Å²) in [4.78, 5) is 3.61. The fraction of sp³-hybridized carbons (Fsp3) is 0.500. The second-order valence-corrected chi connectivity index (χ2v) is 3.34. The van der Waals surface area contributed by atoms with E-state index in [4.69, 9.17) is 0 Å². The van der Waals surface area contributed by atoms with Crippen LogP contribution in [0.5, 0.6) is 0 Å². The van der Waals surface area contributed by atoms with Crippen LogP contribution in [-0.2, 0) is 6.18 Å². The van der Waals surface area contributed by atoms with Crippen molar-refractivity contribution in [2.45, 2.75) is 25.6 Å². The van der Waals surface area contributed by atoms with Crippen molar-refractivity contribution in [3.05, 3.63) is 23.9 Å². The Balaban J connectivity index is 2.80. The maximum Gasteiger partial charge on any atom is 0.419 e. The van der Waals surface area contributed by atoms with E-state index in [1.807, 2.05) is 0 Å². The summed E-state index contributed by atoms with van der Waals surface area (Å²) in [7, 11) is 0. The largest absolute Gasteiger partial charge is 0.419 e. The number of halogens is 3. The molecular formula is C10H13F3N2O. The molecule has 1 unspecified atom stereocenters. The molecule has 0 aliphatic rings. The number of aromatic nitrogens is 1. The van der Waals surface area contributed by atoms with E-state index < -0.39 is 17.8 Å². The van der Waals surface area contributed by atoms with Gasteiger partial charge < -0.3 is 10.4 Å². The average Bonchev–Trinajstić information content (AvgIpc) is 2.25. The Morgan fingerprint density at radius 3 is 2.75 bits per heavy atom. The van der Waals surface area contributed by atoms with Gasteiger partial charge in [0.25, 0.3) is 0 Å². The molecule has 90 valence electrons. The van der Waals surface area contributed by atoms with Crippen LogP contribution in [0.15, 0.2) is 18.3 Å². The van der Waals surface area contributed by atoms with E-state index >= 15 is 0 Å². The second kappa shape index (κ2) is 5.16. The van der Waals surface area contributed by atoms with Gasteiger partial charge in [0, 0.05) is 12.7 Å². The van der Waals surface area contributed by atoms with Crippen molar-refractivity contribution in [3.63, 3.8) is 0 Å². The van der Waals surface area contributed by atoms with Crippen LogP contribution < -0.4 is 5.32 Å². The van der Waals surface area contributed by atoms with E-state index in [0.717, 1.165) is 6.07 Å². The molecule has 3 nitrogen and oxygen atoms in total. The number of rotatable bonds is 4. The molecule has 0 saturated carbocycles. The summed E-state index contributed by atoms with van der Waals surface area (Å²) < 4.78 is 37.5. The van der Waals surface area contributed by atoms with Crippen molar-refractivity contribution in [1.29, 1.82) is 0 Å². The fourth-order valence-corrected chi connectivity index (χ4v) is 1.13. The monoisotopic (exact) mass is 234 g/mol. The van der Waals surface area contributed by atoms with Crippen LogP contribution >= 0.6 is 0 Å². The van der Waals surface area contributed by atoms with Crippen LogP contribution in [0.25, 0.3) is 0 Å². The number of anilines is 1. The van der Waals surface area contributed by atoms with E-state index in [2.05, 4.69) is 10.3 Å². The molecule has 0 aliphatic heterocycles. The lowest BCUT2D eigenvalue weighted by molar-refractivity contribution is -0.137. The molecule has 0 aliphatic carbocycles. The van der Waals surface area contributed by atoms with Gasteiger partial charge in [0.05, 0.1) is 11.7 Å². The number of nitrogens with zero attached hydrogens (tertiary/aromatic N) is 1. The summed E-state index contributed by atoms with van der Waals surface area (Å²) in [6, 6.07) is 2.18. The van der Waals surface area contributed by atoms with Crippen LogP contribution in [-0.4, -0.2) is 22.7 Å². The Kier molecular flexibility index (Phi) is 4.12. The number of nitrogens with one attached hydrogen (secondary N) is 1. The van der Waals surface area contributed by atoms with E-state index in [-0.39, 0.29) is 12.4 Å². The third-order valence-electron chi connectivity index (χ3n) is 2.09. The van der Waals surface area contributed by atoms with Crippen molar-refractivity contribution in [1.82, 2.24) is 4.98 Å². The third-order valence-corrected chi connectivity index (χ3v) is 2.09. The normalized spacial score (nSPS) is 13.6. The van der Waals surface area contributed by atoms with Crippen LogP contribution in [0, 0.1) is 0 Å². The highest BCUT2D eigenvalue weighted by atomic mass is 19.4. The molecule has 1 atom stereocenters. The molecule has 0 amide bonds. The molecule has 0 aromatic carbocycles. The zero-order chi connectivity index (χ0) is 12.2. The van der Waals surface area contributed by atoms with E-state index in [0.29, 0.717) is 6.42 Å². The van der Waals surface area contributed by atoms with Gasteiger partial charge in [0.15, 0.2) is 0 Å². The fourth-order valence-electron chi connectivity index (χ4n) is 1.13. The van der Waals surface area contributed by atoms with Crippen LogP contribution in [0.2, 0.25) is 0 Å². The highest BCUT2D eigenvalue weighted by Gasteiger charge is 2.34. The van der Waals surface area contributed by atoms with Crippen molar-refractivity contribution in [2.75, 3.05) is 11.9 Å². The zero-order valence-corrected chi connectivity index (χ0v) is 8.75. The number of pyridine rings is 1. The Labute approximate surface area is 91.3 Å². The van der Waals surface area contributed by atoms with E-state index in [9.17, 15) is 18.3 Å². The summed E-state index contributed by atoms with van der Waals surface area (Å²) >= 11 is 0. The second-order valence-electron chi connectivity index (χ2n) is 3.34.